The molecule has 1 aromatic carbocycles. The van der Waals surface area contributed by atoms with Gasteiger partial charge in [0, 0.05) is 12.1 Å². The zero-order valence-electron chi connectivity index (χ0n) is 12.1. The molecule has 0 saturated heterocycles. The number of phenolic OH excluding ortho intramolecular Hbond substituents is 1. The first-order chi connectivity index (χ1) is 9.20. The molecule has 0 spiro atoms. The summed E-state index contributed by atoms with van der Waals surface area (Å²) in [6.45, 7) is 5.79. The van der Waals surface area contributed by atoms with Gasteiger partial charge >= 0.3 is 5.97 Å². The summed E-state index contributed by atoms with van der Waals surface area (Å²) in [5.74, 6) is -0.961. The Labute approximate surface area is 118 Å². The Bertz CT molecular complexity index is 491. The van der Waals surface area contributed by atoms with Gasteiger partial charge in [-0.25, -0.2) is 0 Å². The molecule has 0 aliphatic carbocycles. The van der Waals surface area contributed by atoms with E-state index in [0.29, 0.717) is 5.56 Å². The van der Waals surface area contributed by atoms with Crippen molar-refractivity contribution in [2.45, 2.75) is 39.2 Å². The predicted molar refractivity (Wildman–Crippen MR) is 75.5 cm³/mol. The van der Waals surface area contributed by atoms with Crippen LogP contribution in [0.5, 0.6) is 5.75 Å². The molecule has 0 heterocycles. The summed E-state index contributed by atoms with van der Waals surface area (Å²) >= 11 is 0. The second kappa shape index (κ2) is 6.41. The van der Waals surface area contributed by atoms with Gasteiger partial charge in [-0.05, 0) is 38.5 Å². The lowest BCUT2D eigenvalue weighted by Crippen LogP contribution is -2.47. The minimum absolute atomic E-state index is 0.0803. The van der Waals surface area contributed by atoms with Crippen molar-refractivity contribution in [1.29, 1.82) is 0 Å². The van der Waals surface area contributed by atoms with Gasteiger partial charge in [0.25, 0.3) is 0 Å². The largest absolute Gasteiger partial charge is 0.508 e. The van der Waals surface area contributed by atoms with Gasteiger partial charge in [0.2, 0.25) is 5.91 Å². The fraction of sp³-hybridized carbons (Fsp3) is 0.467. The zero-order chi connectivity index (χ0) is 15.3. The molecule has 0 fully saturated rings. The molecular weight excluding hydrogens is 258 g/mol. The Morgan fingerprint density at radius 3 is 2.40 bits per heavy atom. The number of phenols is 1. The molecule has 5 nitrogen and oxygen atoms in total. The molecule has 110 valence electrons. The summed E-state index contributed by atoms with van der Waals surface area (Å²) < 4.78 is 0. The van der Waals surface area contributed by atoms with Gasteiger partial charge in [0.1, 0.15) is 5.75 Å². The molecule has 1 aromatic rings. The highest BCUT2D eigenvalue weighted by atomic mass is 16.4. The Morgan fingerprint density at radius 1 is 1.25 bits per heavy atom. The third kappa shape index (κ3) is 4.91. The van der Waals surface area contributed by atoms with Crippen LogP contribution in [0.25, 0.3) is 0 Å². The predicted octanol–water partition coefficient (Wildman–Crippen LogP) is 2.04. The van der Waals surface area contributed by atoms with Crippen molar-refractivity contribution >= 4 is 11.9 Å². The number of aromatic hydroxyl groups is 1. The average molecular weight is 279 g/mol. The standard InChI is InChI=1S/C15H21NO4/c1-15(2,3)16(8-7-14(19)20)13(18)10-11-5-4-6-12(17)9-11/h4-6,9,17H,7-8,10H2,1-3H3,(H,19,20). The van der Waals surface area contributed by atoms with E-state index in [0.717, 1.165) is 0 Å². The summed E-state index contributed by atoms with van der Waals surface area (Å²) in [6.07, 6.45) is 0.0638. The van der Waals surface area contributed by atoms with E-state index in [1.807, 2.05) is 20.8 Å². The van der Waals surface area contributed by atoms with Crippen molar-refractivity contribution in [3.8, 4) is 5.75 Å². The smallest absolute Gasteiger partial charge is 0.305 e. The maximum absolute atomic E-state index is 12.3. The number of rotatable bonds is 5. The number of carbonyl (C=O) groups excluding carboxylic acids is 1. The van der Waals surface area contributed by atoms with Crippen LogP contribution in [-0.4, -0.2) is 39.1 Å². The zero-order valence-corrected chi connectivity index (χ0v) is 12.1. The van der Waals surface area contributed by atoms with E-state index in [4.69, 9.17) is 5.11 Å². The second-order valence-corrected chi connectivity index (χ2v) is 5.71. The summed E-state index contributed by atoms with van der Waals surface area (Å²) in [7, 11) is 0. The van der Waals surface area contributed by atoms with Crippen molar-refractivity contribution in [1.82, 2.24) is 4.90 Å². The summed E-state index contributed by atoms with van der Waals surface area (Å²) in [5, 5.41) is 18.2. The van der Waals surface area contributed by atoms with Crippen LogP contribution in [0.15, 0.2) is 24.3 Å². The van der Waals surface area contributed by atoms with Crippen molar-refractivity contribution in [2.75, 3.05) is 6.54 Å². The molecule has 20 heavy (non-hydrogen) atoms. The molecule has 1 rings (SSSR count). The Balaban J connectivity index is 2.80. The number of carboxylic acid groups (broad SMARTS) is 1. The highest BCUT2D eigenvalue weighted by molar-refractivity contribution is 5.80. The number of carbonyl (C=O) groups is 2. The maximum atomic E-state index is 12.3. The lowest BCUT2D eigenvalue weighted by atomic mass is 10.0. The van der Waals surface area contributed by atoms with Crippen molar-refractivity contribution in [3.63, 3.8) is 0 Å². The first kappa shape index (κ1) is 16.0. The molecule has 5 heteroatoms. The fourth-order valence-electron chi connectivity index (χ4n) is 1.98. The highest BCUT2D eigenvalue weighted by Crippen LogP contribution is 2.18. The van der Waals surface area contributed by atoms with Gasteiger partial charge in [-0.3, -0.25) is 9.59 Å². The lowest BCUT2D eigenvalue weighted by molar-refractivity contribution is -0.140. The molecule has 0 unspecified atom stereocenters. The number of nitrogens with zero attached hydrogens (tertiary/aromatic N) is 1. The maximum Gasteiger partial charge on any atom is 0.305 e. The number of amides is 1. The van der Waals surface area contributed by atoms with Gasteiger partial charge in [-0.2, -0.15) is 0 Å². The number of carboxylic acids is 1. The number of aliphatic carboxylic acids is 1. The molecule has 0 aromatic heterocycles. The summed E-state index contributed by atoms with van der Waals surface area (Å²) in [6, 6.07) is 6.52. The Hall–Kier alpha value is -2.04. The van der Waals surface area contributed by atoms with Crippen molar-refractivity contribution < 1.29 is 19.8 Å². The average Bonchev–Trinajstić information content (AvgIpc) is 2.26. The van der Waals surface area contributed by atoms with Crippen LogP contribution < -0.4 is 0 Å². The third-order valence-corrected chi connectivity index (χ3v) is 2.93. The van der Waals surface area contributed by atoms with Gasteiger partial charge in [-0.1, -0.05) is 12.1 Å². The second-order valence-electron chi connectivity index (χ2n) is 5.71. The highest BCUT2D eigenvalue weighted by Gasteiger charge is 2.26. The third-order valence-electron chi connectivity index (χ3n) is 2.93. The summed E-state index contributed by atoms with van der Waals surface area (Å²) in [5.41, 5.74) is 0.267. The molecule has 0 atom stereocenters. The van der Waals surface area contributed by atoms with Crippen LogP contribution in [0, 0.1) is 0 Å². The van der Waals surface area contributed by atoms with Crippen LogP contribution in [-0.2, 0) is 16.0 Å². The van der Waals surface area contributed by atoms with Crippen LogP contribution in [0.2, 0.25) is 0 Å². The molecule has 0 radical (unpaired) electrons. The summed E-state index contributed by atoms with van der Waals surface area (Å²) in [4.78, 5) is 24.6. The molecular formula is C15H21NO4. The van der Waals surface area contributed by atoms with Crippen LogP contribution in [0.4, 0.5) is 0 Å². The normalized spacial score (nSPS) is 11.2. The van der Waals surface area contributed by atoms with Crippen molar-refractivity contribution in [3.05, 3.63) is 29.8 Å². The topological polar surface area (TPSA) is 77.8 Å². The fourth-order valence-corrected chi connectivity index (χ4v) is 1.98. The minimum atomic E-state index is -0.926. The van der Waals surface area contributed by atoms with Gasteiger partial charge in [0.15, 0.2) is 0 Å². The van der Waals surface area contributed by atoms with Crippen molar-refractivity contribution in [2.24, 2.45) is 0 Å². The molecule has 0 aliphatic heterocycles. The van der Waals surface area contributed by atoms with Gasteiger partial charge < -0.3 is 15.1 Å². The van der Waals surface area contributed by atoms with E-state index < -0.39 is 11.5 Å². The number of hydrogen-bond acceptors (Lipinski definition) is 3. The van der Waals surface area contributed by atoms with Crippen LogP contribution in [0.1, 0.15) is 32.8 Å². The number of benzene rings is 1. The molecule has 0 saturated carbocycles. The lowest BCUT2D eigenvalue weighted by Gasteiger charge is -2.35. The van der Waals surface area contributed by atoms with Gasteiger partial charge in [-0.15, -0.1) is 0 Å². The molecule has 0 aliphatic rings. The molecule has 0 bridgehead atoms. The van der Waals surface area contributed by atoms with Crippen LogP contribution >= 0.6 is 0 Å². The van der Waals surface area contributed by atoms with E-state index in [2.05, 4.69) is 0 Å². The van der Waals surface area contributed by atoms with E-state index in [1.54, 1.807) is 23.1 Å². The van der Waals surface area contributed by atoms with E-state index in [9.17, 15) is 14.7 Å². The van der Waals surface area contributed by atoms with Gasteiger partial charge in [0.05, 0.1) is 12.8 Å². The van der Waals surface area contributed by atoms with E-state index in [1.165, 1.54) is 6.07 Å². The minimum Gasteiger partial charge on any atom is -0.508 e. The molecule has 1 amide bonds. The Morgan fingerprint density at radius 2 is 1.90 bits per heavy atom. The first-order valence-electron chi connectivity index (χ1n) is 6.50. The van der Waals surface area contributed by atoms with E-state index >= 15 is 0 Å². The SMILES string of the molecule is CC(C)(C)N(CCC(=O)O)C(=O)Cc1cccc(O)c1. The number of hydrogen-bond donors (Lipinski definition) is 2. The monoisotopic (exact) mass is 279 g/mol. The van der Waals surface area contributed by atoms with Crippen LogP contribution in [0.3, 0.4) is 0 Å². The van der Waals surface area contributed by atoms with E-state index in [-0.39, 0.29) is 31.0 Å². The Kier molecular flexibility index (Phi) is 5.13. The first-order valence-corrected chi connectivity index (χ1v) is 6.50. The quantitative estimate of drug-likeness (QED) is 0.864. The molecule has 2 N–H and O–H groups in total.